The quantitative estimate of drug-likeness (QED) is 0.609. The van der Waals surface area contributed by atoms with Crippen LogP contribution in [0.3, 0.4) is 0 Å². The number of ether oxygens (including phenoxy) is 1. The van der Waals surface area contributed by atoms with Gasteiger partial charge in [-0.1, -0.05) is 54.1 Å². The van der Waals surface area contributed by atoms with Crippen molar-refractivity contribution in [1.29, 1.82) is 0 Å². The Morgan fingerprint density at radius 2 is 1.78 bits per heavy atom. The number of amides is 2. The molecule has 0 saturated carbocycles. The van der Waals surface area contributed by atoms with Crippen LogP contribution in [-0.2, 0) is 9.53 Å². The first-order chi connectivity index (χ1) is 13.1. The summed E-state index contributed by atoms with van der Waals surface area (Å²) < 4.78 is 5.26. The first-order valence-electron chi connectivity index (χ1n) is 9.06. The third kappa shape index (κ3) is 7.04. The number of rotatable bonds is 10. The Morgan fingerprint density at radius 3 is 2.48 bits per heavy atom. The molecule has 0 aliphatic heterocycles. The highest BCUT2D eigenvalue weighted by molar-refractivity contribution is 6.33. The molecule has 0 saturated heterocycles. The molecular weight excluding hydrogens is 364 g/mol. The van der Waals surface area contributed by atoms with Gasteiger partial charge in [-0.3, -0.25) is 9.59 Å². The summed E-state index contributed by atoms with van der Waals surface area (Å²) in [5.74, 6) is -0.432. The molecule has 2 aromatic carbocycles. The minimum absolute atomic E-state index is 0.125. The Morgan fingerprint density at radius 1 is 1.07 bits per heavy atom. The SMILES string of the molecule is CCOCCCNC(=O)CC(NC(=O)c1ccccc1Cl)c1ccccc1. The van der Waals surface area contributed by atoms with Gasteiger partial charge in [-0.15, -0.1) is 0 Å². The Kier molecular flexibility index (Phi) is 8.81. The molecule has 2 amide bonds. The Labute approximate surface area is 165 Å². The molecule has 144 valence electrons. The van der Waals surface area contributed by atoms with E-state index >= 15 is 0 Å². The maximum atomic E-state index is 12.6. The van der Waals surface area contributed by atoms with Gasteiger partial charge in [0, 0.05) is 19.8 Å². The van der Waals surface area contributed by atoms with Crippen LogP contribution in [0.25, 0.3) is 0 Å². The van der Waals surface area contributed by atoms with Crippen molar-refractivity contribution in [1.82, 2.24) is 10.6 Å². The van der Waals surface area contributed by atoms with E-state index in [-0.39, 0.29) is 18.2 Å². The summed E-state index contributed by atoms with van der Waals surface area (Å²) in [5.41, 5.74) is 1.25. The molecule has 0 fully saturated rings. The van der Waals surface area contributed by atoms with Crippen molar-refractivity contribution < 1.29 is 14.3 Å². The number of halogens is 1. The van der Waals surface area contributed by atoms with E-state index in [4.69, 9.17) is 16.3 Å². The van der Waals surface area contributed by atoms with E-state index in [1.165, 1.54) is 0 Å². The molecule has 0 radical (unpaired) electrons. The van der Waals surface area contributed by atoms with Crippen LogP contribution in [0.4, 0.5) is 0 Å². The van der Waals surface area contributed by atoms with Crippen molar-refractivity contribution in [2.45, 2.75) is 25.8 Å². The zero-order valence-corrected chi connectivity index (χ0v) is 16.2. The van der Waals surface area contributed by atoms with Crippen molar-refractivity contribution in [3.05, 3.63) is 70.7 Å². The molecule has 0 aliphatic rings. The van der Waals surface area contributed by atoms with Crippen LogP contribution in [0, 0.1) is 0 Å². The zero-order chi connectivity index (χ0) is 19.5. The van der Waals surface area contributed by atoms with Gasteiger partial charge in [0.1, 0.15) is 0 Å². The normalized spacial score (nSPS) is 11.6. The monoisotopic (exact) mass is 388 g/mol. The number of nitrogens with one attached hydrogen (secondary N) is 2. The second-order valence-corrected chi connectivity index (χ2v) is 6.43. The molecule has 0 spiro atoms. The van der Waals surface area contributed by atoms with E-state index in [1.807, 2.05) is 37.3 Å². The number of carbonyl (C=O) groups excluding carboxylic acids is 2. The van der Waals surface area contributed by atoms with Crippen LogP contribution in [0.1, 0.15) is 41.7 Å². The van der Waals surface area contributed by atoms with Gasteiger partial charge in [0.15, 0.2) is 0 Å². The lowest BCUT2D eigenvalue weighted by Gasteiger charge is -2.19. The maximum Gasteiger partial charge on any atom is 0.253 e. The van der Waals surface area contributed by atoms with Gasteiger partial charge in [-0.05, 0) is 31.0 Å². The van der Waals surface area contributed by atoms with Crippen LogP contribution >= 0.6 is 11.6 Å². The van der Waals surface area contributed by atoms with Crippen LogP contribution in [0.5, 0.6) is 0 Å². The zero-order valence-electron chi connectivity index (χ0n) is 15.4. The molecule has 5 nitrogen and oxygen atoms in total. The fourth-order valence-corrected chi connectivity index (χ4v) is 2.84. The second kappa shape index (κ2) is 11.4. The Balaban J connectivity index is 2.01. The lowest BCUT2D eigenvalue weighted by Crippen LogP contribution is -2.34. The summed E-state index contributed by atoms with van der Waals surface area (Å²) in [7, 11) is 0. The van der Waals surface area contributed by atoms with Crippen LogP contribution in [-0.4, -0.2) is 31.6 Å². The Hall–Kier alpha value is -2.37. The molecule has 0 bridgehead atoms. The topological polar surface area (TPSA) is 67.4 Å². The van der Waals surface area contributed by atoms with Crippen molar-refractivity contribution in [2.75, 3.05) is 19.8 Å². The number of hydrogen-bond donors (Lipinski definition) is 2. The lowest BCUT2D eigenvalue weighted by atomic mass is 10.0. The van der Waals surface area contributed by atoms with E-state index < -0.39 is 6.04 Å². The molecule has 1 unspecified atom stereocenters. The minimum Gasteiger partial charge on any atom is -0.382 e. The summed E-state index contributed by atoms with van der Waals surface area (Å²) in [6.45, 7) is 3.75. The van der Waals surface area contributed by atoms with Gasteiger partial charge in [0.2, 0.25) is 5.91 Å². The largest absolute Gasteiger partial charge is 0.382 e. The molecule has 2 rings (SSSR count). The summed E-state index contributed by atoms with van der Waals surface area (Å²) in [6.07, 6.45) is 0.899. The Bertz CT molecular complexity index is 737. The van der Waals surface area contributed by atoms with Crippen LogP contribution < -0.4 is 10.6 Å². The van der Waals surface area contributed by atoms with Gasteiger partial charge >= 0.3 is 0 Å². The average Bonchev–Trinajstić information content (AvgIpc) is 2.68. The number of carbonyl (C=O) groups is 2. The van der Waals surface area contributed by atoms with Crippen LogP contribution in [0.2, 0.25) is 5.02 Å². The molecule has 2 N–H and O–H groups in total. The van der Waals surface area contributed by atoms with Crippen molar-refractivity contribution in [3.63, 3.8) is 0 Å². The molecule has 2 aromatic rings. The van der Waals surface area contributed by atoms with E-state index in [0.29, 0.717) is 30.3 Å². The number of benzene rings is 2. The van der Waals surface area contributed by atoms with Gasteiger partial charge in [-0.25, -0.2) is 0 Å². The molecular formula is C21H25ClN2O3. The first-order valence-corrected chi connectivity index (χ1v) is 9.44. The summed E-state index contributed by atoms with van der Waals surface area (Å²) in [5, 5.41) is 6.17. The standard InChI is InChI=1S/C21H25ClN2O3/c1-2-27-14-8-13-23-20(25)15-19(16-9-4-3-5-10-16)24-21(26)17-11-6-7-12-18(17)22/h3-7,9-12,19H,2,8,13-15H2,1H3,(H,23,25)(H,24,26). The fraction of sp³-hybridized carbons (Fsp3) is 0.333. The lowest BCUT2D eigenvalue weighted by molar-refractivity contribution is -0.121. The first kappa shape index (κ1) is 20.9. The highest BCUT2D eigenvalue weighted by Gasteiger charge is 2.20. The third-order valence-corrected chi connectivity index (χ3v) is 4.34. The van der Waals surface area contributed by atoms with Crippen LogP contribution in [0.15, 0.2) is 54.6 Å². The van der Waals surface area contributed by atoms with Gasteiger partial charge < -0.3 is 15.4 Å². The molecule has 27 heavy (non-hydrogen) atoms. The average molecular weight is 389 g/mol. The van der Waals surface area contributed by atoms with E-state index in [2.05, 4.69) is 10.6 Å². The maximum absolute atomic E-state index is 12.6. The van der Waals surface area contributed by atoms with Gasteiger partial charge in [-0.2, -0.15) is 0 Å². The van der Waals surface area contributed by atoms with Crippen molar-refractivity contribution in [2.24, 2.45) is 0 Å². The highest BCUT2D eigenvalue weighted by atomic mass is 35.5. The smallest absolute Gasteiger partial charge is 0.253 e. The summed E-state index contributed by atoms with van der Waals surface area (Å²) >= 11 is 6.11. The molecule has 0 heterocycles. The predicted octanol–water partition coefficient (Wildman–Crippen LogP) is 3.74. The van der Waals surface area contributed by atoms with Gasteiger partial charge in [0.05, 0.1) is 23.0 Å². The summed E-state index contributed by atoms with van der Waals surface area (Å²) in [4.78, 5) is 24.9. The van der Waals surface area contributed by atoms with E-state index in [9.17, 15) is 9.59 Å². The molecule has 1 atom stereocenters. The highest BCUT2D eigenvalue weighted by Crippen LogP contribution is 2.20. The minimum atomic E-state index is -0.443. The second-order valence-electron chi connectivity index (χ2n) is 6.02. The molecule has 0 aromatic heterocycles. The van der Waals surface area contributed by atoms with Crippen molar-refractivity contribution in [3.8, 4) is 0 Å². The molecule has 0 aliphatic carbocycles. The third-order valence-electron chi connectivity index (χ3n) is 4.01. The predicted molar refractivity (Wildman–Crippen MR) is 107 cm³/mol. The van der Waals surface area contributed by atoms with E-state index in [1.54, 1.807) is 24.3 Å². The number of hydrogen-bond acceptors (Lipinski definition) is 3. The van der Waals surface area contributed by atoms with E-state index in [0.717, 1.165) is 12.0 Å². The van der Waals surface area contributed by atoms with Gasteiger partial charge in [0.25, 0.3) is 5.91 Å². The van der Waals surface area contributed by atoms with Crippen molar-refractivity contribution >= 4 is 23.4 Å². The fourth-order valence-electron chi connectivity index (χ4n) is 2.62. The summed E-state index contributed by atoms with van der Waals surface area (Å²) in [6, 6.07) is 15.8. The molecule has 6 heteroatoms.